The van der Waals surface area contributed by atoms with Crippen LogP contribution in [0, 0.1) is 15.9 Å². The van der Waals surface area contributed by atoms with Crippen molar-refractivity contribution in [3.05, 3.63) is 64.0 Å². The van der Waals surface area contributed by atoms with Gasteiger partial charge < -0.3 is 9.64 Å². The number of likely N-dealkylation sites (N-methyl/N-ethyl adjacent to an activating group) is 1. The maximum Gasteiger partial charge on any atom is 0.312 e. The van der Waals surface area contributed by atoms with Crippen LogP contribution >= 0.6 is 0 Å². The molecule has 0 spiro atoms. The van der Waals surface area contributed by atoms with Gasteiger partial charge in [-0.25, -0.2) is 17.5 Å². The van der Waals surface area contributed by atoms with Crippen molar-refractivity contribution < 1.29 is 22.5 Å². The molecular weight excluding hydrogens is 377 g/mol. The number of nitro groups is 1. The minimum absolute atomic E-state index is 0.000786. The van der Waals surface area contributed by atoms with E-state index in [-0.39, 0.29) is 29.0 Å². The van der Waals surface area contributed by atoms with E-state index in [2.05, 4.69) is 4.72 Å². The fourth-order valence-electron chi connectivity index (χ4n) is 2.54. The van der Waals surface area contributed by atoms with Crippen LogP contribution < -0.4 is 9.46 Å². The maximum atomic E-state index is 13.1. The molecule has 0 fully saturated rings. The number of ether oxygens (including phenoxy) is 1. The molecule has 2 rings (SSSR count). The summed E-state index contributed by atoms with van der Waals surface area (Å²) in [4.78, 5) is 11.9. The molecule has 0 radical (unpaired) electrons. The number of benzene rings is 2. The zero-order chi connectivity index (χ0) is 20.2. The van der Waals surface area contributed by atoms with Gasteiger partial charge in [-0.3, -0.25) is 10.1 Å². The summed E-state index contributed by atoms with van der Waals surface area (Å²) in [5.74, 6) is -0.418. The van der Waals surface area contributed by atoms with Crippen molar-refractivity contribution in [2.75, 3.05) is 27.7 Å². The number of hydrogen-bond acceptors (Lipinski definition) is 6. The standard InChI is InChI=1S/C17H20FN3O5S/c1-20(2)16(12-4-6-13(18)7-5-12)11-19-27(24,25)14-8-9-17(26-3)15(10-14)21(22)23/h4-10,16,19H,11H2,1-3H3. The second kappa shape index (κ2) is 8.42. The molecule has 2 aromatic rings. The molecule has 10 heteroatoms. The third-order valence-electron chi connectivity index (χ3n) is 4.00. The number of methoxy groups -OCH3 is 1. The Hall–Kier alpha value is -2.56. The van der Waals surface area contributed by atoms with Gasteiger partial charge in [0, 0.05) is 18.7 Å². The van der Waals surface area contributed by atoms with Crippen LogP contribution in [0.2, 0.25) is 0 Å². The molecule has 0 saturated carbocycles. The van der Waals surface area contributed by atoms with E-state index in [1.807, 2.05) is 0 Å². The van der Waals surface area contributed by atoms with Crippen molar-refractivity contribution in [3.8, 4) is 5.75 Å². The van der Waals surface area contributed by atoms with E-state index in [1.165, 1.54) is 31.4 Å². The van der Waals surface area contributed by atoms with Crippen LogP contribution in [0.3, 0.4) is 0 Å². The zero-order valence-corrected chi connectivity index (χ0v) is 15.9. The fraction of sp³-hybridized carbons (Fsp3) is 0.294. The predicted molar refractivity (Wildman–Crippen MR) is 97.7 cm³/mol. The first-order valence-electron chi connectivity index (χ1n) is 7.89. The highest BCUT2D eigenvalue weighted by molar-refractivity contribution is 7.89. The quantitative estimate of drug-likeness (QED) is 0.542. The van der Waals surface area contributed by atoms with E-state index < -0.39 is 20.6 Å². The van der Waals surface area contributed by atoms with Gasteiger partial charge in [-0.15, -0.1) is 0 Å². The minimum Gasteiger partial charge on any atom is -0.490 e. The molecule has 0 saturated heterocycles. The Kier molecular flexibility index (Phi) is 6.47. The van der Waals surface area contributed by atoms with E-state index in [9.17, 15) is 22.9 Å². The van der Waals surface area contributed by atoms with E-state index >= 15 is 0 Å². The van der Waals surface area contributed by atoms with Crippen LogP contribution in [0.1, 0.15) is 11.6 Å². The number of nitrogens with one attached hydrogen (secondary N) is 1. The van der Waals surface area contributed by atoms with Crippen molar-refractivity contribution in [1.82, 2.24) is 9.62 Å². The highest BCUT2D eigenvalue weighted by Crippen LogP contribution is 2.29. The Morgan fingerprint density at radius 1 is 1.22 bits per heavy atom. The van der Waals surface area contributed by atoms with Gasteiger partial charge in [-0.05, 0) is 43.9 Å². The molecule has 27 heavy (non-hydrogen) atoms. The van der Waals surface area contributed by atoms with Gasteiger partial charge >= 0.3 is 5.69 Å². The SMILES string of the molecule is COc1ccc(S(=O)(=O)NCC(c2ccc(F)cc2)N(C)C)cc1[N+](=O)[O-]. The molecule has 0 aromatic heterocycles. The molecular formula is C17H20FN3O5S. The number of halogens is 1. The van der Waals surface area contributed by atoms with E-state index in [4.69, 9.17) is 4.74 Å². The van der Waals surface area contributed by atoms with Crippen LogP contribution in [0.15, 0.2) is 47.4 Å². The topological polar surface area (TPSA) is 102 Å². The Morgan fingerprint density at radius 2 is 1.85 bits per heavy atom. The smallest absolute Gasteiger partial charge is 0.312 e. The number of rotatable bonds is 8. The summed E-state index contributed by atoms with van der Waals surface area (Å²) in [6.07, 6.45) is 0. The molecule has 1 atom stereocenters. The summed E-state index contributed by atoms with van der Waals surface area (Å²) in [7, 11) is 0.795. The molecule has 0 aliphatic carbocycles. The second-order valence-corrected chi connectivity index (χ2v) is 7.74. The normalized spacial score (nSPS) is 12.8. The predicted octanol–water partition coefficient (Wildman–Crippen LogP) is 2.32. The fourth-order valence-corrected chi connectivity index (χ4v) is 3.59. The lowest BCUT2D eigenvalue weighted by Crippen LogP contribution is -2.34. The van der Waals surface area contributed by atoms with Gasteiger partial charge in [0.2, 0.25) is 10.0 Å². The molecule has 8 nitrogen and oxygen atoms in total. The van der Waals surface area contributed by atoms with Gasteiger partial charge in [-0.2, -0.15) is 0 Å². The van der Waals surface area contributed by atoms with Crippen molar-refractivity contribution in [3.63, 3.8) is 0 Å². The lowest BCUT2D eigenvalue weighted by molar-refractivity contribution is -0.386. The van der Waals surface area contributed by atoms with Crippen LogP contribution in [-0.4, -0.2) is 46.0 Å². The minimum atomic E-state index is -4.00. The highest BCUT2D eigenvalue weighted by Gasteiger charge is 2.24. The summed E-state index contributed by atoms with van der Waals surface area (Å²) in [5, 5.41) is 11.1. The van der Waals surface area contributed by atoms with Crippen molar-refractivity contribution in [1.29, 1.82) is 0 Å². The highest BCUT2D eigenvalue weighted by atomic mass is 32.2. The Labute approximate surface area is 156 Å². The molecule has 146 valence electrons. The number of nitro benzene ring substituents is 1. The van der Waals surface area contributed by atoms with Crippen LogP contribution in [-0.2, 0) is 10.0 Å². The first-order chi connectivity index (χ1) is 12.7. The molecule has 1 unspecified atom stereocenters. The molecule has 0 heterocycles. The molecule has 0 aliphatic heterocycles. The zero-order valence-electron chi connectivity index (χ0n) is 15.0. The summed E-state index contributed by atoms with van der Waals surface area (Å²) in [6, 6.07) is 8.81. The van der Waals surface area contributed by atoms with Crippen molar-refractivity contribution >= 4 is 15.7 Å². The van der Waals surface area contributed by atoms with Crippen LogP contribution in [0.25, 0.3) is 0 Å². The molecule has 1 N–H and O–H groups in total. The average Bonchev–Trinajstić information content (AvgIpc) is 2.62. The summed E-state index contributed by atoms with van der Waals surface area (Å²) < 4.78 is 45.6. The van der Waals surface area contributed by atoms with E-state index in [0.717, 1.165) is 11.6 Å². The lowest BCUT2D eigenvalue weighted by Gasteiger charge is -2.25. The van der Waals surface area contributed by atoms with Crippen LogP contribution in [0.5, 0.6) is 5.75 Å². The summed E-state index contributed by atoms with van der Waals surface area (Å²) in [5.41, 5.74) is 0.285. The van der Waals surface area contributed by atoms with Gasteiger partial charge in [0.1, 0.15) is 5.82 Å². The molecule has 2 aromatic carbocycles. The molecule has 0 bridgehead atoms. The largest absolute Gasteiger partial charge is 0.490 e. The van der Waals surface area contributed by atoms with Gasteiger partial charge in [0.05, 0.1) is 16.9 Å². The van der Waals surface area contributed by atoms with Gasteiger partial charge in [0.25, 0.3) is 0 Å². The van der Waals surface area contributed by atoms with Gasteiger partial charge in [0.15, 0.2) is 5.75 Å². The van der Waals surface area contributed by atoms with Crippen LogP contribution in [0.4, 0.5) is 10.1 Å². The Morgan fingerprint density at radius 3 is 2.37 bits per heavy atom. The maximum absolute atomic E-state index is 13.1. The average molecular weight is 397 g/mol. The summed E-state index contributed by atoms with van der Waals surface area (Å²) >= 11 is 0. The van der Waals surface area contributed by atoms with Crippen molar-refractivity contribution in [2.45, 2.75) is 10.9 Å². The first-order valence-corrected chi connectivity index (χ1v) is 9.38. The Balaban J connectivity index is 2.25. The second-order valence-electron chi connectivity index (χ2n) is 5.97. The van der Waals surface area contributed by atoms with E-state index in [0.29, 0.717) is 0 Å². The first kappa shape index (κ1) is 20.7. The monoisotopic (exact) mass is 397 g/mol. The lowest BCUT2D eigenvalue weighted by atomic mass is 10.1. The third-order valence-corrected chi connectivity index (χ3v) is 5.42. The third kappa shape index (κ3) is 5.00. The number of hydrogen-bond donors (Lipinski definition) is 1. The van der Waals surface area contributed by atoms with Gasteiger partial charge in [-0.1, -0.05) is 12.1 Å². The number of sulfonamides is 1. The molecule has 0 amide bonds. The Bertz CT molecular complexity index is 917. The number of nitrogens with zero attached hydrogens (tertiary/aromatic N) is 2. The van der Waals surface area contributed by atoms with E-state index in [1.54, 1.807) is 31.1 Å². The molecule has 0 aliphatic rings. The summed E-state index contributed by atoms with van der Waals surface area (Å²) in [6.45, 7) is 0.000786. The van der Waals surface area contributed by atoms with Crippen molar-refractivity contribution in [2.24, 2.45) is 0 Å².